The molecule has 1 fully saturated rings. The smallest absolute Gasteiger partial charge is 0.311 e. The van der Waals surface area contributed by atoms with E-state index in [0.717, 1.165) is 0 Å². The monoisotopic (exact) mass is 256 g/mol. The number of hydrogen-bond donors (Lipinski definition) is 2. The van der Waals surface area contributed by atoms with Crippen molar-refractivity contribution in [3.05, 3.63) is 18.2 Å². The highest BCUT2D eigenvalue weighted by Gasteiger charge is 2.34. The molecule has 2 rings (SSSR count). The topological polar surface area (TPSA) is 93.8 Å². The molecular weight excluding hydrogens is 240 g/mol. The molecule has 0 spiro atoms. The van der Waals surface area contributed by atoms with Crippen molar-refractivity contribution >= 4 is 5.97 Å². The molecule has 1 aliphatic rings. The number of aromatic nitrogens is 2. The fraction of sp³-hybridized carbons (Fsp3) is 0.636. The molecule has 3 atom stereocenters. The van der Waals surface area contributed by atoms with Crippen molar-refractivity contribution in [1.29, 1.82) is 0 Å². The van der Waals surface area contributed by atoms with Crippen molar-refractivity contribution in [1.82, 2.24) is 9.55 Å². The van der Waals surface area contributed by atoms with E-state index in [1.807, 2.05) is 0 Å². The van der Waals surface area contributed by atoms with Crippen molar-refractivity contribution in [2.45, 2.75) is 31.3 Å². The second-order valence-corrected chi connectivity index (χ2v) is 4.18. The number of rotatable bonds is 4. The van der Waals surface area contributed by atoms with Crippen LogP contribution >= 0.6 is 0 Å². The molecule has 0 amide bonds. The summed E-state index contributed by atoms with van der Waals surface area (Å²) in [7, 11) is 1.32. The third-order valence-electron chi connectivity index (χ3n) is 2.92. The summed E-state index contributed by atoms with van der Waals surface area (Å²) in [6, 6.07) is 0. The lowest BCUT2D eigenvalue weighted by Crippen LogP contribution is -2.24. The third-order valence-corrected chi connectivity index (χ3v) is 2.92. The standard InChI is InChI=1S/C11H16N2O5/c1-17-11(16)2-7-4-13(6-12-7)10-3-8(15)9(5-14)18-10/h4,6,8-10,14-15H,2-3,5H2,1H3/t8-,9+,10+/m0/s1. The molecule has 18 heavy (non-hydrogen) atoms. The molecule has 2 heterocycles. The molecule has 0 unspecified atom stereocenters. The fourth-order valence-electron chi connectivity index (χ4n) is 1.91. The number of aliphatic hydroxyl groups is 2. The molecule has 0 bridgehead atoms. The van der Waals surface area contributed by atoms with Crippen molar-refractivity contribution in [3.63, 3.8) is 0 Å². The van der Waals surface area contributed by atoms with Gasteiger partial charge in [-0.25, -0.2) is 4.98 Å². The third kappa shape index (κ3) is 2.69. The van der Waals surface area contributed by atoms with Gasteiger partial charge in [-0.2, -0.15) is 0 Å². The lowest BCUT2D eigenvalue weighted by molar-refractivity contribution is -0.139. The first-order valence-corrected chi connectivity index (χ1v) is 5.67. The van der Waals surface area contributed by atoms with E-state index in [1.165, 1.54) is 13.4 Å². The van der Waals surface area contributed by atoms with Crippen LogP contribution in [0.5, 0.6) is 0 Å². The quantitative estimate of drug-likeness (QED) is 0.688. The number of ether oxygens (including phenoxy) is 2. The van der Waals surface area contributed by atoms with Gasteiger partial charge < -0.3 is 24.3 Å². The van der Waals surface area contributed by atoms with Crippen LogP contribution in [-0.2, 0) is 20.7 Å². The summed E-state index contributed by atoms with van der Waals surface area (Å²) in [5.74, 6) is -0.360. The number of carbonyl (C=O) groups is 1. The highest BCUT2D eigenvalue weighted by Crippen LogP contribution is 2.28. The van der Waals surface area contributed by atoms with Crippen molar-refractivity contribution in [2.24, 2.45) is 0 Å². The summed E-state index contributed by atoms with van der Waals surface area (Å²) in [5, 5.41) is 18.6. The van der Waals surface area contributed by atoms with E-state index < -0.39 is 12.2 Å². The minimum atomic E-state index is -0.688. The number of methoxy groups -OCH3 is 1. The zero-order chi connectivity index (χ0) is 13.1. The molecule has 1 saturated heterocycles. The average Bonchev–Trinajstić information content (AvgIpc) is 2.95. The highest BCUT2D eigenvalue weighted by atomic mass is 16.5. The van der Waals surface area contributed by atoms with Crippen LogP contribution in [0.4, 0.5) is 0 Å². The lowest BCUT2D eigenvalue weighted by Gasteiger charge is -2.12. The Bertz CT molecular complexity index is 419. The molecule has 0 aliphatic carbocycles. The minimum absolute atomic E-state index is 0.0994. The highest BCUT2D eigenvalue weighted by molar-refractivity contribution is 5.71. The fourth-order valence-corrected chi connectivity index (χ4v) is 1.91. The molecule has 1 aliphatic heterocycles. The second-order valence-electron chi connectivity index (χ2n) is 4.18. The van der Waals surface area contributed by atoms with Crippen LogP contribution < -0.4 is 0 Å². The first-order valence-electron chi connectivity index (χ1n) is 5.67. The summed E-state index contributed by atoms with van der Waals surface area (Å²) < 4.78 is 11.7. The van der Waals surface area contributed by atoms with Gasteiger partial charge in [-0.15, -0.1) is 0 Å². The van der Waals surface area contributed by atoms with Crippen LogP contribution in [-0.4, -0.2) is 51.7 Å². The molecule has 7 nitrogen and oxygen atoms in total. The summed E-state index contributed by atoms with van der Waals surface area (Å²) in [6.45, 7) is -0.221. The van der Waals surface area contributed by atoms with Crippen LogP contribution in [0.25, 0.3) is 0 Å². The first-order chi connectivity index (χ1) is 8.63. The maximum Gasteiger partial charge on any atom is 0.311 e. The van der Waals surface area contributed by atoms with Gasteiger partial charge in [0.15, 0.2) is 0 Å². The zero-order valence-electron chi connectivity index (χ0n) is 10.0. The molecule has 1 aromatic heterocycles. The normalized spacial score (nSPS) is 27.4. The number of aliphatic hydroxyl groups excluding tert-OH is 2. The van der Waals surface area contributed by atoms with Gasteiger partial charge in [0.2, 0.25) is 0 Å². The van der Waals surface area contributed by atoms with Crippen LogP contribution in [0.2, 0.25) is 0 Å². The van der Waals surface area contributed by atoms with Crippen LogP contribution in [0, 0.1) is 0 Å². The Morgan fingerprint density at radius 1 is 1.72 bits per heavy atom. The van der Waals surface area contributed by atoms with Crippen LogP contribution in [0.15, 0.2) is 12.5 Å². The molecule has 7 heteroatoms. The van der Waals surface area contributed by atoms with E-state index in [2.05, 4.69) is 9.72 Å². The van der Waals surface area contributed by atoms with Gasteiger partial charge in [0, 0.05) is 12.6 Å². The van der Waals surface area contributed by atoms with E-state index >= 15 is 0 Å². The van der Waals surface area contributed by atoms with E-state index in [9.17, 15) is 9.90 Å². The molecule has 0 aromatic carbocycles. The summed E-state index contributed by atoms with van der Waals surface area (Å²) in [5.41, 5.74) is 0.576. The number of carbonyl (C=O) groups excluding carboxylic acids is 1. The number of imidazole rings is 1. The lowest BCUT2D eigenvalue weighted by atomic mass is 10.2. The largest absolute Gasteiger partial charge is 0.469 e. The first kappa shape index (κ1) is 13.0. The molecule has 0 radical (unpaired) electrons. The van der Waals surface area contributed by atoms with Gasteiger partial charge in [-0.3, -0.25) is 4.79 Å². The van der Waals surface area contributed by atoms with Gasteiger partial charge in [0.1, 0.15) is 12.3 Å². The van der Waals surface area contributed by atoms with Gasteiger partial charge in [0.25, 0.3) is 0 Å². The Hall–Kier alpha value is -1.44. The van der Waals surface area contributed by atoms with Crippen molar-refractivity contribution in [3.8, 4) is 0 Å². The minimum Gasteiger partial charge on any atom is -0.469 e. The predicted octanol–water partition coefficient (Wildman–Crippen LogP) is -0.761. The van der Waals surface area contributed by atoms with E-state index in [-0.39, 0.29) is 25.2 Å². The number of hydrogen-bond acceptors (Lipinski definition) is 6. The van der Waals surface area contributed by atoms with Crippen LogP contribution in [0.3, 0.4) is 0 Å². The average molecular weight is 256 g/mol. The number of esters is 1. The van der Waals surface area contributed by atoms with Crippen molar-refractivity contribution in [2.75, 3.05) is 13.7 Å². The number of nitrogens with zero attached hydrogens (tertiary/aromatic N) is 2. The maximum absolute atomic E-state index is 11.1. The van der Waals surface area contributed by atoms with Gasteiger partial charge in [0.05, 0.1) is 38.3 Å². The molecule has 100 valence electrons. The Labute approximate surface area is 104 Å². The van der Waals surface area contributed by atoms with E-state index in [0.29, 0.717) is 12.1 Å². The SMILES string of the molecule is COC(=O)Cc1cn([C@H]2C[C@H](O)[C@@H](CO)O2)cn1. The Morgan fingerprint density at radius 3 is 3.11 bits per heavy atom. The van der Waals surface area contributed by atoms with E-state index in [4.69, 9.17) is 9.84 Å². The van der Waals surface area contributed by atoms with Gasteiger partial charge in [-0.1, -0.05) is 0 Å². The summed E-state index contributed by atoms with van der Waals surface area (Å²) in [4.78, 5) is 15.1. The zero-order valence-corrected chi connectivity index (χ0v) is 10.0. The molecule has 0 saturated carbocycles. The summed E-state index contributed by atoms with van der Waals surface area (Å²) in [6.07, 6.45) is 2.08. The molecule has 1 aromatic rings. The van der Waals surface area contributed by atoms with Crippen molar-refractivity contribution < 1.29 is 24.5 Å². The van der Waals surface area contributed by atoms with Crippen LogP contribution in [0.1, 0.15) is 18.3 Å². The Morgan fingerprint density at radius 2 is 2.50 bits per heavy atom. The van der Waals surface area contributed by atoms with Gasteiger partial charge in [-0.05, 0) is 0 Å². The van der Waals surface area contributed by atoms with E-state index in [1.54, 1.807) is 10.8 Å². The predicted molar refractivity (Wildman–Crippen MR) is 59.6 cm³/mol. The summed E-state index contributed by atoms with van der Waals surface area (Å²) >= 11 is 0. The Kier molecular flexibility index (Phi) is 3.95. The molecular formula is C11H16N2O5. The Balaban J connectivity index is 2.00. The van der Waals surface area contributed by atoms with Gasteiger partial charge >= 0.3 is 5.97 Å². The maximum atomic E-state index is 11.1. The second kappa shape index (κ2) is 5.47. The molecule has 2 N–H and O–H groups in total.